The molecule has 1 radical (unpaired) electrons. The Kier molecular flexibility index (Phi) is 2.91. The molecule has 0 bridgehead atoms. The molecule has 1 heterocycles. The van der Waals surface area contributed by atoms with E-state index >= 15 is 0 Å². The first-order valence-corrected chi connectivity index (χ1v) is 5.30. The lowest BCUT2D eigenvalue weighted by atomic mass is 10.0. The molecule has 2 aromatic rings. The molecule has 0 aliphatic rings. The van der Waals surface area contributed by atoms with E-state index in [0.717, 1.165) is 16.8 Å². The zero-order valence-electron chi connectivity index (χ0n) is 9.86. The van der Waals surface area contributed by atoms with Crippen molar-refractivity contribution >= 4 is 5.69 Å². The third kappa shape index (κ3) is 1.91. The van der Waals surface area contributed by atoms with Gasteiger partial charge in [0.2, 0.25) is 0 Å². The zero-order chi connectivity index (χ0) is 11.5. The van der Waals surface area contributed by atoms with Gasteiger partial charge in [0.05, 0.1) is 18.1 Å². The lowest BCUT2D eigenvalue weighted by Crippen LogP contribution is -2.11. The molecule has 2 nitrogen and oxygen atoms in total. The van der Waals surface area contributed by atoms with E-state index in [1.54, 1.807) is 0 Å². The molecule has 1 aromatic carbocycles. The fourth-order valence-corrected chi connectivity index (χ4v) is 1.80. The highest BCUT2D eigenvalue weighted by Crippen LogP contribution is 2.27. The summed E-state index contributed by atoms with van der Waals surface area (Å²) in [5.41, 5.74) is 4.59. The topological polar surface area (TPSA) is 16.1 Å². The van der Waals surface area contributed by atoms with Crippen molar-refractivity contribution in [3.63, 3.8) is 0 Å². The van der Waals surface area contributed by atoms with Gasteiger partial charge in [-0.2, -0.15) is 0 Å². The van der Waals surface area contributed by atoms with Crippen LogP contribution in [0.15, 0.2) is 36.5 Å². The van der Waals surface area contributed by atoms with Crippen LogP contribution in [0.4, 0.5) is 5.69 Å². The first kappa shape index (κ1) is 10.7. The lowest BCUT2D eigenvalue weighted by molar-refractivity contribution is 1.09. The van der Waals surface area contributed by atoms with Crippen molar-refractivity contribution in [3.8, 4) is 11.1 Å². The first-order chi connectivity index (χ1) is 7.70. The highest BCUT2D eigenvalue weighted by atomic mass is 15.1. The van der Waals surface area contributed by atoms with Gasteiger partial charge in [-0.05, 0) is 18.1 Å². The SMILES string of the molecule is Cc1c(-c2ccccc2)[c]ncc1N(C)C. The van der Waals surface area contributed by atoms with Crippen LogP contribution < -0.4 is 4.90 Å². The molecule has 0 saturated carbocycles. The monoisotopic (exact) mass is 211 g/mol. The Balaban J connectivity index is 2.55. The average Bonchev–Trinajstić information content (AvgIpc) is 2.30. The van der Waals surface area contributed by atoms with Crippen molar-refractivity contribution in [2.24, 2.45) is 0 Å². The normalized spacial score (nSPS) is 10.2. The van der Waals surface area contributed by atoms with E-state index < -0.39 is 0 Å². The first-order valence-electron chi connectivity index (χ1n) is 5.30. The molecule has 0 amide bonds. The van der Waals surface area contributed by atoms with Crippen LogP contribution in [0.25, 0.3) is 11.1 Å². The molecule has 0 atom stereocenters. The minimum absolute atomic E-state index is 1.08. The van der Waals surface area contributed by atoms with Crippen LogP contribution in [-0.4, -0.2) is 19.1 Å². The Bertz CT molecular complexity index is 475. The molecule has 0 unspecified atom stereocenters. The van der Waals surface area contributed by atoms with Crippen molar-refractivity contribution in [1.82, 2.24) is 4.98 Å². The second-order valence-corrected chi connectivity index (χ2v) is 4.02. The quantitative estimate of drug-likeness (QED) is 0.759. The minimum Gasteiger partial charge on any atom is -0.376 e. The van der Waals surface area contributed by atoms with Crippen LogP contribution in [-0.2, 0) is 0 Å². The summed E-state index contributed by atoms with van der Waals surface area (Å²) < 4.78 is 0. The van der Waals surface area contributed by atoms with Crippen LogP contribution in [0, 0.1) is 13.1 Å². The van der Waals surface area contributed by atoms with E-state index in [9.17, 15) is 0 Å². The zero-order valence-corrected chi connectivity index (χ0v) is 9.86. The summed E-state index contributed by atoms with van der Waals surface area (Å²) in [6, 6.07) is 10.2. The summed E-state index contributed by atoms with van der Waals surface area (Å²) in [4.78, 5) is 6.25. The minimum atomic E-state index is 1.08. The van der Waals surface area contributed by atoms with Gasteiger partial charge >= 0.3 is 0 Å². The van der Waals surface area contributed by atoms with Gasteiger partial charge in [0, 0.05) is 19.7 Å². The van der Waals surface area contributed by atoms with E-state index in [1.165, 1.54) is 5.56 Å². The fraction of sp³-hybridized carbons (Fsp3) is 0.214. The summed E-state index contributed by atoms with van der Waals surface area (Å²) in [6.45, 7) is 2.11. The molecule has 0 aliphatic heterocycles. The van der Waals surface area contributed by atoms with E-state index in [-0.39, 0.29) is 0 Å². The van der Waals surface area contributed by atoms with Gasteiger partial charge < -0.3 is 4.90 Å². The molecule has 0 aliphatic carbocycles. The van der Waals surface area contributed by atoms with Crippen molar-refractivity contribution in [1.29, 1.82) is 0 Å². The molecular formula is C14H15N2. The predicted octanol–water partition coefficient (Wildman–Crippen LogP) is 2.92. The third-order valence-corrected chi connectivity index (χ3v) is 2.67. The van der Waals surface area contributed by atoms with Gasteiger partial charge in [0.25, 0.3) is 0 Å². The molecule has 0 fully saturated rings. The van der Waals surface area contributed by atoms with Crippen molar-refractivity contribution < 1.29 is 0 Å². The van der Waals surface area contributed by atoms with Crippen LogP contribution in [0.3, 0.4) is 0 Å². The number of aromatic nitrogens is 1. The molecule has 0 spiro atoms. The number of nitrogens with zero attached hydrogens (tertiary/aromatic N) is 2. The maximum atomic E-state index is 4.18. The fourth-order valence-electron chi connectivity index (χ4n) is 1.80. The number of hydrogen-bond donors (Lipinski definition) is 0. The Morgan fingerprint density at radius 3 is 2.44 bits per heavy atom. The molecule has 0 saturated heterocycles. The van der Waals surface area contributed by atoms with E-state index in [4.69, 9.17) is 0 Å². The van der Waals surface area contributed by atoms with Gasteiger partial charge in [0.1, 0.15) is 0 Å². The van der Waals surface area contributed by atoms with Crippen molar-refractivity contribution in [2.75, 3.05) is 19.0 Å². The smallest absolute Gasteiger partial charge is 0.0975 e. The van der Waals surface area contributed by atoms with Crippen LogP contribution in [0.5, 0.6) is 0 Å². The Labute approximate surface area is 96.6 Å². The molecular weight excluding hydrogens is 196 g/mol. The second kappa shape index (κ2) is 4.35. The number of pyridine rings is 1. The molecule has 2 rings (SSSR count). The third-order valence-electron chi connectivity index (χ3n) is 2.67. The predicted molar refractivity (Wildman–Crippen MR) is 67.6 cm³/mol. The van der Waals surface area contributed by atoms with Gasteiger partial charge in [-0.15, -0.1) is 0 Å². The van der Waals surface area contributed by atoms with Crippen LogP contribution >= 0.6 is 0 Å². The van der Waals surface area contributed by atoms with Crippen LogP contribution in [0.1, 0.15) is 5.56 Å². The maximum Gasteiger partial charge on any atom is 0.0975 e. The molecule has 81 valence electrons. The van der Waals surface area contributed by atoms with Crippen molar-refractivity contribution in [3.05, 3.63) is 48.3 Å². The maximum absolute atomic E-state index is 4.18. The highest BCUT2D eigenvalue weighted by Gasteiger charge is 2.08. The number of benzene rings is 1. The Hall–Kier alpha value is -1.83. The lowest BCUT2D eigenvalue weighted by Gasteiger charge is -2.17. The number of anilines is 1. The number of hydrogen-bond acceptors (Lipinski definition) is 2. The van der Waals surface area contributed by atoms with Gasteiger partial charge in [0.15, 0.2) is 0 Å². The van der Waals surface area contributed by atoms with E-state index in [1.807, 2.05) is 38.5 Å². The van der Waals surface area contributed by atoms with Gasteiger partial charge in [-0.25, -0.2) is 0 Å². The van der Waals surface area contributed by atoms with Gasteiger partial charge in [-0.3, -0.25) is 4.98 Å². The molecule has 1 aromatic heterocycles. The summed E-state index contributed by atoms with van der Waals surface area (Å²) in [6.07, 6.45) is 4.92. The molecule has 0 N–H and O–H groups in total. The summed E-state index contributed by atoms with van der Waals surface area (Å²) in [5, 5.41) is 0. The second-order valence-electron chi connectivity index (χ2n) is 4.02. The molecule has 2 heteroatoms. The number of rotatable bonds is 2. The summed E-state index contributed by atoms with van der Waals surface area (Å²) in [5.74, 6) is 0. The van der Waals surface area contributed by atoms with Gasteiger partial charge in [-0.1, -0.05) is 30.3 Å². The highest BCUT2D eigenvalue weighted by molar-refractivity contribution is 5.71. The standard InChI is InChI=1S/C14H15N2/c1-11-13(12-7-5-4-6-8-12)9-15-10-14(11)16(2)3/h4-8,10H,1-3H3. The Morgan fingerprint density at radius 2 is 1.81 bits per heavy atom. The largest absolute Gasteiger partial charge is 0.376 e. The summed E-state index contributed by atoms with van der Waals surface area (Å²) in [7, 11) is 4.05. The van der Waals surface area contributed by atoms with Crippen LogP contribution in [0.2, 0.25) is 0 Å². The summed E-state index contributed by atoms with van der Waals surface area (Å²) >= 11 is 0. The van der Waals surface area contributed by atoms with E-state index in [2.05, 4.69) is 35.1 Å². The van der Waals surface area contributed by atoms with E-state index in [0.29, 0.717) is 0 Å². The molecule has 16 heavy (non-hydrogen) atoms. The van der Waals surface area contributed by atoms with Crippen molar-refractivity contribution in [2.45, 2.75) is 6.92 Å². The Morgan fingerprint density at radius 1 is 1.12 bits per heavy atom. The average molecular weight is 211 g/mol.